The summed E-state index contributed by atoms with van der Waals surface area (Å²) in [7, 11) is 1.72. The van der Waals surface area contributed by atoms with Gasteiger partial charge in [0.25, 0.3) is 0 Å². The van der Waals surface area contributed by atoms with E-state index in [1.165, 1.54) is 23.3 Å². The number of methoxy groups -OCH3 is 1. The van der Waals surface area contributed by atoms with Gasteiger partial charge in [-0.05, 0) is 67.5 Å². The summed E-state index contributed by atoms with van der Waals surface area (Å²) in [5.41, 5.74) is 7.25. The zero-order valence-electron chi connectivity index (χ0n) is 12.9. The molecular weight excluding hydrogens is 258 g/mol. The van der Waals surface area contributed by atoms with Gasteiger partial charge in [-0.15, -0.1) is 0 Å². The van der Waals surface area contributed by atoms with Crippen LogP contribution in [0, 0.1) is 13.8 Å². The van der Waals surface area contributed by atoms with Crippen molar-refractivity contribution >= 4 is 11.4 Å². The van der Waals surface area contributed by atoms with Crippen LogP contribution in [0.4, 0.5) is 5.69 Å². The van der Waals surface area contributed by atoms with Gasteiger partial charge in [-0.3, -0.25) is 4.99 Å². The SMILES string of the molecule is COc1c(C)cc(/N=C2\CCCc3ccccc32)cc1C. The summed E-state index contributed by atoms with van der Waals surface area (Å²) in [4.78, 5) is 4.92. The highest BCUT2D eigenvalue weighted by Gasteiger charge is 2.15. The van der Waals surface area contributed by atoms with Gasteiger partial charge in [-0.2, -0.15) is 0 Å². The van der Waals surface area contributed by atoms with Gasteiger partial charge < -0.3 is 4.74 Å². The quantitative estimate of drug-likeness (QED) is 0.776. The Balaban J connectivity index is 2.04. The minimum atomic E-state index is 0.961. The molecule has 0 fully saturated rings. The molecular formula is C19H21NO. The summed E-state index contributed by atoms with van der Waals surface area (Å²) >= 11 is 0. The first-order chi connectivity index (χ1) is 10.2. The van der Waals surface area contributed by atoms with Crippen molar-refractivity contribution in [2.24, 2.45) is 4.99 Å². The number of hydrogen-bond donors (Lipinski definition) is 0. The highest BCUT2D eigenvalue weighted by Crippen LogP contribution is 2.30. The van der Waals surface area contributed by atoms with Gasteiger partial charge in [0.2, 0.25) is 0 Å². The maximum Gasteiger partial charge on any atom is 0.124 e. The van der Waals surface area contributed by atoms with Gasteiger partial charge in [0.1, 0.15) is 5.75 Å². The van der Waals surface area contributed by atoms with Crippen molar-refractivity contribution in [1.82, 2.24) is 0 Å². The molecule has 2 heteroatoms. The molecule has 0 bridgehead atoms. The molecule has 0 atom stereocenters. The molecule has 2 aromatic carbocycles. The Morgan fingerprint density at radius 2 is 1.71 bits per heavy atom. The van der Waals surface area contributed by atoms with Gasteiger partial charge in [0.15, 0.2) is 0 Å². The monoisotopic (exact) mass is 279 g/mol. The second kappa shape index (κ2) is 5.72. The van der Waals surface area contributed by atoms with Crippen LogP contribution in [-0.4, -0.2) is 12.8 Å². The van der Waals surface area contributed by atoms with Gasteiger partial charge >= 0.3 is 0 Å². The molecule has 0 unspecified atom stereocenters. The predicted octanol–water partition coefficient (Wildman–Crippen LogP) is 4.77. The molecule has 0 aromatic heterocycles. The van der Waals surface area contributed by atoms with E-state index in [9.17, 15) is 0 Å². The van der Waals surface area contributed by atoms with Crippen LogP contribution < -0.4 is 4.74 Å². The van der Waals surface area contributed by atoms with Crippen LogP contribution >= 0.6 is 0 Å². The Bertz CT molecular complexity index is 677. The third-order valence-corrected chi connectivity index (χ3v) is 4.10. The molecule has 3 rings (SSSR count). The second-order valence-electron chi connectivity index (χ2n) is 5.68. The minimum absolute atomic E-state index is 0.961. The van der Waals surface area contributed by atoms with E-state index in [1.54, 1.807) is 7.11 Å². The fourth-order valence-corrected chi connectivity index (χ4v) is 3.19. The van der Waals surface area contributed by atoms with E-state index in [-0.39, 0.29) is 0 Å². The van der Waals surface area contributed by atoms with Crippen molar-refractivity contribution < 1.29 is 4.74 Å². The number of aryl methyl sites for hydroxylation is 3. The number of fused-ring (bicyclic) bond motifs is 1. The molecule has 2 nitrogen and oxygen atoms in total. The van der Waals surface area contributed by atoms with Crippen molar-refractivity contribution in [2.45, 2.75) is 33.1 Å². The van der Waals surface area contributed by atoms with Crippen molar-refractivity contribution in [1.29, 1.82) is 0 Å². The molecule has 2 aromatic rings. The average Bonchev–Trinajstić information content (AvgIpc) is 2.47. The topological polar surface area (TPSA) is 21.6 Å². The van der Waals surface area contributed by atoms with E-state index in [0.29, 0.717) is 0 Å². The lowest BCUT2D eigenvalue weighted by atomic mass is 9.90. The Labute approximate surface area is 126 Å². The van der Waals surface area contributed by atoms with Crippen LogP contribution in [0.25, 0.3) is 0 Å². The van der Waals surface area contributed by atoms with E-state index in [0.717, 1.165) is 35.4 Å². The van der Waals surface area contributed by atoms with Gasteiger partial charge in [-0.1, -0.05) is 24.3 Å². The number of nitrogens with zero attached hydrogens (tertiary/aromatic N) is 1. The summed E-state index contributed by atoms with van der Waals surface area (Å²) < 4.78 is 5.43. The standard InChI is InChI=1S/C19H21NO/c1-13-11-16(12-14(2)19(13)21-3)20-18-10-6-8-15-7-4-5-9-17(15)18/h4-5,7,9,11-12H,6,8,10H2,1-3H3/b20-18+. The predicted molar refractivity (Wildman–Crippen MR) is 88.0 cm³/mol. The second-order valence-corrected chi connectivity index (χ2v) is 5.68. The number of rotatable bonds is 2. The maximum absolute atomic E-state index is 5.43. The zero-order chi connectivity index (χ0) is 14.8. The summed E-state index contributed by atoms with van der Waals surface area (Å²) in [6.45, 7) is 4.15. The Hall–Kier alpha value is -2.09. The smallest absolute Gasteiger partial charge is 0.124 e. The average molecular weight is 279 g/mol. The van der Waals surface area contributed by atoms with Crippen LogP contribution in [0.15, 0.2) is 41.4 Å². The third kappa shape index (κ3) is 2.71. The normalized spacial score (nSPS) is 15.9. The third-order valence-electron chi connectivity index (χ3n) is 4.10. The number of benzene rings is 2. The Morgan fingerprint density at radius 1 is 1.00 bits per heavy atom. The first kappa shape index (κ1) is 13.9. The molecule has 0 heterocycles. The molecule has 0 amide bonds. The van der Waals surface area contributed by atoms with E-state index in [1.807, 2.05) is 0 Å². The van der Waals surface area contributed by atoms with Crippen LogP contribution in [0.3, 0.4) is 0 Å². The van der Waals surface area contributed by atoms with Gasteiger partial charge in [0.05, 0.1) is 12.8 Å². The molecule has 0 spiro atoms. The van der Waals surface area contributed by atoms with Crippen molar-refractivity contribution in [2.75, 3.05) is 7.11 Å². The number of ether oxygens (including phenoxy) is 1. The summed E-state index contributed by atoms with van der Waals surface area (Å²) in [5.74, 6) is 0.961. The zero-order valence-corrected chi connectivity index (χ0v) is 12.9. The van der Waals surface area contributed by atoms with Crippen LogP contribution in [0.5, 0.6) is 5.75 Å². The molecule has 21 heavy (non-hydrogen) atoms. The molecule has 0 aliphatic heterocycles. The summed E-state index contributed by atoms with van der Waals surface area (Å²) in [6.07, 6.45) is 3.40. The van der Waals surface area contributed by atoms with Crippen LogP contribution in [0.2, 0.25) is 0 Å². The number of aliphatic imine (C=N–C) groups is 1. The van der Waals surface area contributed by atoms with E-state index < -0.39 is 0 Å². The molecule has 0 N–H and O–H groups in total. The lowest BCUT2D eigenvalue weighted by Crippen LogP contribution is -2.11. The highest BCUT2D eigenvalue weighted by molar-refractivity contribution is 6.04. The van der Waals surface area contributed by atoms with Crippen LogP contribution in [-0.2, 0) is 6.42 Å². The van der Waals surface area contributed by atoms with Gasteiger partial charge in [-0.25, -0.2) is 0 Å². The largest absolute Gasteiger partial charge is 0.496 e. The highest BCUT2D eigenvalue weighted by atomic mass is 16.5. The first-order valence-corrected chi connectivity index (χ1v) is 7.50. The summed E-state index contributed by atoms with van der Waals surface area (Å²) in [5, 5.41) is 0. The molecule has 0 radical (unpaired) electrons. The first-order valence-electron chi connectivity index (χ1n) is 7.50. The van der Waals surface area contributed by atoms with Crippen molar-refractivity contribution in [3.8, 4) is 5.75 Å². The molecule has 1 aliphatic rings. The molecule has 1 aliphatic carbocycles. The molecule has 108 valence electrons. The molecule has 0 saturated carbocycles. The van der Waals surface area contributed by atoms with E-state index >= 15 is 0 Å². The lowest BCUT2D eigenvalue weighted by Gasteiger charge is -2.18. The Morgan fingerprint density at radius 3 is 2.43 bits per heavy atom. The fourth-order valence-electron chi connectivity index (χ4n) is 3.19. The lowest BCUT2D eigenvalue weighted by molar-refractivity contribution is 0.408. The summed E-state index contributed by atoms with van der Waals surface area (Å²) in [6, 6.07) is 12.8. The minimum Gasteiger partial charge on any atom is -0.496 e. The number of hydrogen-bond acceptors (Lipinski definition) is 2. The fraction of sp³-hybridized carbons (Fsp3) is 0.316. The van der Waals surface area contributed by atoms with E-state index in [2.05, 4.69) is 50.2 Å². The van der Waals surface area contributed by atoms with Crippen LogP contribution in [0.1, 0.15) is 35.1 Å². The van der Waals surface area contributed by atoms with E-state index in [4.69, 9.17) is 9.73 Å². The molecule has 0 saturated heterocycles. The maximum atomic E-state index is 5.43. The van der Waals surface area contributed by atoms with Crippen molar-refractivity contribution in [3.05, 3.63) is 58.7 Å². The Kier molecular flexibility index (Phi) is 3.78. The van der Waals surface area contributed by atoms with Gasteiger partial charge in [0, 0.05) is 5.71 Å². The van der Waals surface area contributed by atoms with Crippen molar-refractivity contribution in [3.63, 3.8) is 0 Å².